The fourth-order valence-corrected chi connectivity index (χ4v) is 3.39. The summed E-state index contributed by atoms with van der Waals surface area (Å²) < 4.78 is 1.90. The van der Waals surface area contributed by atoms with Crippen LogP contribution in [-0.2, 0) is 4.79 Å². The van der Waals surface area contributed by atoms with E-state index in [0.29, 0.717) is 22.9 Å². The quantitative estimate of drug-likeness (QED) is 0.597. The van der Waals surface area contributed by atoms with Gasteiger partial charge in [-0.2, -0.15) is 0 Å². The summed E-state index contributed by atoms with van der Waals surface area (Å²) in [5.74, 6) is -0.449. The predicted octanol–water partition coefficient (Wildman–Crippen LogP) is 4.04. The van der Waals surface area contributed by atoms with Crippen molar-refractivity contribution in [1.82, 2.24) is 25.0 Å². The average molecular weight is 449 g/mol. The lowest BCUT2D eigenvalue weighted by Crippen LogP contribution is -2.51. The topological polar surface area (TPSA) is 83.4 Å². The van der Waals surface area contributed by atoms with E-state index < -0.39 is 5.91 Å². The first-order valence-electron chi connectivity index (χ1n) is 9.91. The number of nitrogens with one attached hydrogen (secondary N) is 1. The van der Waals surface area contributed by atoms with Crippen molar-refractivity contribution in [2.24, 2.45) is 0 Å². The van der Waals surface area contributed by atoms with E-state index in [1.165, 1.54) is 17.2 Å². The number of nitrogens with zero attached hydrogens (tertiary/aromatic N) is 5. The normalized spacial score (nSPS) is 13.8. The van der Waals surface area contributed by atoms with E-state index in [0.717, 1.165) is 22.1 Å². The molecule has 3 aromatic rings. The van der Waals surface area contributed by atoms with E-state index in [1.54, 1.807) is 42.7 Å². The molecule has 0 aliphatic carbocycles. The third kappa shape index (κ3) is 4.70. The lowest BCUT2D eigenvalue weighted by molar-refractivity contribution is -0.119. The van der Waals surface area contributed by atoms with Crippen LogP contribution in [-0.4, -0.2) is 38.0 Å². The van der Waals surface area contributed by atoms with E-state index in [2.05, 4.69) is 15.4 Å². The summed E-state index contributed by atoms with van der Waals surface area (Å²) >= 11 is 5.92. The molecule has 8 nitrogen and oxygen atoms in total. The van der Waals surface area contributed by atoms with Crippen molar-refractivity contribution < 1.29 is 9.59 Å². The summed E-state index contributed by atoms with van der Waals surface area (Å²) in [5.41, 5.74) is 6.52. The van der Waals surface area contributed by atoms with Crippen molar-refractivity contribution in [2.75, 3.05) is 11.4 Å². The number of benzene rings is 1. The van der Waals surface area contributed by atoms with Crippen LogP contribution in [0.15, 0.2) is 67.3 Å². The van der Waals surface area contributed by atoms with Crippen LogP contribution in [0.1, 0.15) is 17.1 Å². The lowest BCUT2D eigenvalue weighted by atomic mass is 10.2. The smallest absolute Gasteiger partial charge is 0.304 e. The van der Waals surface area contributed by atoms with E-state index >= 15 is 0 Å². The highest BCUT2D eigenvalue weighted by Gasteiger charge is 2.24. The molecule has 0 saturated carbocycles. The molecule has 0 unspecified atom stereocenters. The Hall–Kier alpha value is -3.91. The third-order valence-corrected chi connectivity index (χ3v) is 5.08. The second kappa shape index (κ2) is 9.07. The van der Waals surface area contributed by atoms with Crippen LogP contribution in [0.4, 0.5) is 10.5 Å². The zero-order valence-electron chi connectivity index (χ0n) is 17.6. The molecule has 9 heteroatoms. The van der Waals surface area contributed by atoms with Crippen molar-refractivity contribution in [2.45, 2.75) is 13.8 Å². The summed E-state index contributed by atoms with van der Waals surface area (Å²) in [6.07, 6.45) is 9.90. The number of hydrogen-bond donors (Lipinski definition) is 1. The van der Waals surface area contributed by atoms with Crippen LogP contribution in [0, 0.1) is 13.8 Å². The Labute approximate surface area is 190 Å². The number of aryl methyl sites for hydroxylation is 2. The van der Waals surface area contributed by atoms with Crippen molar-refractivity contribution in [1.29, 1.82) is 0 Å². The van der Waals surface area contributed by atoms with Crippen LogP contribution < -0.4 is 10.3 Å². The van der Waals surface area contributed by atoms with Crippen LogP contribution in [0.3, 0.4) is 0 Å². The molecule has 2 aromatic heterocycles. The maximum atomic E-state index is 12.7. The van der Waals surface area contributed by atoms with Gasteiger partial charge in [0.05, 0.1) is 29.1 Å². The molecule has 0 atom stereocenters. The molecule has 32 heavy (non-hydrogen) atoms. The van der Waals surface area contributed by atoms with Gasteiger partial charge >= 0.3 is 6.03 Å². The molecular weight excluding hydrogens is 428 g/mol. The summed E-state index contributed by atoms with van der Waals surface area (Å²) in [6.45, 7) is 4.21. The molecule has 0 bridgehead atoms. The number of hydrogen-bond acceptors (Lipinski definition) is 4. The van der Waals surface area contributed by atoms with Gasteiger partial charge in [0, 0.05) is 35.7 Å². The number of pyridine rings is 1. The lowest BCUT2D eigenvalue weighted by Gasteiger charge is -2.31. The maximum Gasteiger partial charge on any atom is 0.347 e. The van der Waals surface area contributed by atoms with Gasteiger partial charge in [-0.25, -0.2) is 14.8 Å². The van der Waals surface area contributed by atoms with Gasteiger partial charge in [-0.15, -0.1) is 0 Å². The van der Waals surface area contributed by atoms with Gasteiger partial charge in [0.1, 0.15) is 0 Å². The summed E-state index contributed by atoms with van der Waals surface area (Å²) in [6, 6.07) is 10.3. The number of hydrazine groups is 1. The van der Waals surface area contributed by atoms with E-state index in [4.69, 9.17) is 11.6 Å². The van der Waals surface area contributed by atoms with Crippen LogP contribution in [0.25, 0.3) is 11.8 Å². The standard InChI is InChI=1S/C23H21ClN6O2/c1-16-14-28(15-25-16)21-10-6-19(26-17(21)2)7-11-22(31)27-30-13-3-12-29(23(30)32)20-8-4-18(24)5-9-20/h3-11,13-15H,12H2,1-2H3,(H,27,31). The van der Waals surface area contributed by atoms with Gasteiger partial charge in [0.15, 0.2) is 0 Å². The van der Waals surface area contributed by atoms with Crippen LogP contribution >= 0.6 is 11.6 Å². The van der Waals surface area contributed by atoms with E-state index in [1.807, 2.05) is 36.7 Å². The molecule has 0 radical (unpaired) electrons. The average Bonchev–Trinajstić information content (AvgIpc) is 3.20. The molecule has 162 valence electrons. The first kappa shape index (κ1) is 21.3. The molecule has 4 rings (SSSR count). The molecule has 1 aliphatic rings. The number of halogens is 1. The fourth-order valence-electron chi connectivity index (χ4n) is 3.26. The minimum absolute atomic E-state index is 0.370. The van der Waals surface area contributed by atoms with Gasteiger partial charge < -0.3 is 4.57 Å². The van der Waals surface area contributed by atoms with E-state index in [-0.39, 0.29) is 6.03 Å². The highest BCUT2D eigenvalue weighted by molar-refractivity contribution is 6.30. The number of imidazole rings is 1. The first-order valence-corrected chi connectivity index (χ1v) is 10.3. The Balaban J connectivity index is 1.41. The number of rotatable bonds is 5. The third-order valence-electron chi connectivity index (χ3n) is 4.82. The SMILES string of the molecule is Cc1cn(-c2ccc(C=CC(=O)NN3C=CCN(c4ccc(Cl)cc4)C3=O)nc2C)cn1. The van der Waals surface area contributed by atoms with Gasteiger partial charge in [0.2, 0.25) is 0 Å². The molecule has 1 aliphatic heterocycles. The number of carbonyl (C=O) groups excluding carboxylic acids is 2. The monoisotopic (exact) mass is 448 g/mol. The summed E-state index contributed by atoms with van der Waals surface area (Å²) in [4.78, 5) is 35.4. The minimum atomic E-state index is -0.449. The second-order valence-electron chi connectivity index (χ2n) is 7.20. The molecule has 3 heterocycles. The Morgan fingerprint density at radius 2 is 1.94 bits per heavy atom. The maximum absolute atomic E-state index is 12.7. The van der Waals surface area contributed by atoms with E-state index in [9.17, 15) is 9.59 Å². The Kier molecular flexibility index (Phi) is 6.04. The molecule has 1 aromatic carbocycles. The number of anilines is 1. The summed E-state index contributed by atoms with van der Waals surface area (Å²) in [5, 5.41) is 1.73. The van der Waals surface area contributed by atoms with Gasteiger partial charge in [-0.1, -0.05) is 11.6 Å². The summed E-state index contributed by atoms with van der Waals surface area (Å²) in [7, 11) is 0. The Bertz CT molecular complexity index is 1220. The van der Waals surface area contributed by atoms with Gasteiger partial charge in [-0.3, -0.25) is 20.1 Å². The second-order valence-corrected chi connectivity index (χ2v) is 7.63. The molecule has 0 fully saturated rings. The molecule has 0 saturated heterocycles. The molecule has 0 spiro atoms. The molecular formula is C23H21ClN6O2. The van der Waals surface area contributed by atoms with Gasteiger partial charge in [-0.05, 0) is 62.4 Å². The van der Waals surface area contributed by atoms with Gasteiger partial charge in [0.25, 0.3) is 5.91 Å². The number of amides is 3. The van der Waals surface area contributed by atoms with Crippen LogP contribution in [0.5, 0.6) is 0 Å². The van der Waals surface area contributed by atoms with Crippen molar-refractivity contribution in [3.8, 4) is 5.69 Å². The molecule has 3 amide bonds. The zero-order chi connectivity index (χ0) is 22.7. The largest absolute Gasteiger partial charge is 0.347 e. The first-order chi connectivity index (χ1) is 15.4. The highest BCUT2D eigenvalue weighted by Crippen LogP contribution is 2.21. The number of carbonyl (C=O) groups is 2. The molecule has 1 N–H and O–H groups in total. The zero-order valence-corrected chi connectivity index (χ0v) is 18.3. The Morgan fingerprint density at radius 1 is 1.16 bits per heavy atom. The fraction of sp³-hybridized carbons (Fsp3) is 0.130. The van der Waals surface area contributed by atoms with Crippen LogP contribution in [0.2, 0.25) is 5.02 Å². The highest BCUT2D eigenvalue weighted by atomic mass is 35.5. The predicted molar refractivity (Wildman–Crippen MR) is 123 cm³/mol. The minimum Gasteiger partial charge on any atom is -0.304 e. The Morgan fingerprint density at radius 3 is 2.62 bits per heavy atom. The van der Waals surface area contributed by atoms with Crippen molar-refractivity contribution >= 4 is 35.3 Å². The van der Waals surface area contributed by atoms with Crippen molar-refractivity contribution in [3.05, 3.63) is 89.4 Å². The number of aromatic nitrogens is 3. The number of urea groups is 1. The van der Waals surface area contributed by atoms with Crippen molar-refractivity contribution in [3.63, 3.8) is 0 Å².